The molecule has 0 atom stereocenters. The van der Waals surface area contributed by atoms with E-state index in [1.165, 1.54) is 38.5 Å². The third kappa shape index (κ3) is 5.15. The number of halogens is 2. The van der Waals surface area contributed by atoms with Crippen molar-refractivity contribution in [2.75, 3.05) is 19.1 Å². The van der Waals surface area contributed by atoms with Crippen molar-refractivity contribution in [3.63, 3.8) is 0 Å². The molecule has 0 bridgehead atoms. The van der Waals surface area contributed by atoms with Gasteiger partial charge in [0.05, 0.1) is 24.9 Å². The van der Waals surface area contributed by atoms with E-state index >= 15 is 0 Å². The monoisotopic (exact) mass is 526 g/mol. The highest BCUT2D eigenvalue weighted by Gasteiger charge is 2.37. The number of amides is 4. The molecule has 0 aliphatic carbocycles. The molecule has 1 heterocycles. The van der Waals surface area contributed by atoms with E-state index in [4.69, 9.17) is 37.4 Å². The lowest BCUT2D eigenvalue weighted by Gasteiger charge is -2.26. The van der Waals surface area contributed by atoms with Crippen molar-refractivity contribution in [1.82, 2.24) is 5.32 Å². The summed E-state index contributed by atoms with van der Waals surface area (Å²) in [5, 5.41) is 2.92. The Morgan fingerprint density at radius 1 is 0.917 bits per heavy atom. The number of benzene rings is 3. The number of ether oxygens (including phenoxy) is 3. The first kappa shape index (κ1) is 25.1. The molecule has 8 nitrogen and oxygen atoms in total. The van der Waals surface area contributed by atoms with Gasteiger partial charge in [0.1, 0.15) is 17.9 Å². The normalized spacial score (nSPS) is 14.6. The number of carbonyl (C=O) groups excluding carboxylic acids is 3. The van der Waals surface area contributed by atoms with E-state index in [1.54, 1.807) is 24.3 Å². The van der Waals surface area contributed by atoms with Gasteiger partial charge in [0.2, 0.25) is 0 Å². The number of nitrogens with zero attached hydrogens (tertiary/aromatic N) is 1. The zero-order valence-corrected chi connectivity index (χ0v) is 20.7. The van der Waals surface area contributed by atoms with Crippen LogP contribution < -0.4 is 24.4 Å². The van der Waals surface area contributed by atoms with Crippen LogP contribution in [0.25, 0.3) is 6.08 Å². The third-order valence-electron chi connectivity index (χ3n) is 5.32. The van der Waals surface area contributed by atoms with Crippen LogP contribution in [-0.2, 0) is 16.2 Å². The Morgan fingerprint density at radius 3 is 2.31 bits per heavy atom. The summed E-state index contributed by atoms with van der Waals surface area (Å²) in [4.78, 5) is 39.0. The molecule has 1 N–H and O–H groups in total. The van der Waals surface area contributed by atoms with Gasteiger partial charge in [0.25, 0.3) is 11.8 Å². The molecule has 0 saturated carbocycles. The lowest BCUT2D eigenvalue weighted by atomic mass is 10.1. The molecule has 1 fully saturated rings. The Morgan fingerprint density at radius 2 is 1.64 bits per heavy atom. The highest BCUT2D eigenvalue weighted by molar-refractivity contribution is 6.39. The van der Waals surface area contributed by atoms with E-state index in [2.05, 4.69) is 5.32 Å². The van der Waals surface area contributed by atoms with Crippen molar-refractivity contribution >= 4 is 52.8 Å². The number of barbiturate groups is 1. The third-order valence-corrected chi connectivity index (χ3v) is 5.97. The van der Waals surface area contributed by atoms with E-state index in [9.17, 15) is 14.4 Å². The molecule has 3 aromatic rings. The van der Waals surface area contributed by atoms with Crippen molar-refractivity contribution in [3.8, 4) is 17.2 Å². The Hall–Kier alpha value is -4.01. The highest BCUT2D eigenvalue weighted by Crippen LogP contribution is 2.38. The van der Waals surface area contributed by atoms with Gasteiger partial charge in [0.15, 0.2) is 11.5 Å². The van der Waals surface area contributed by atoms with E-state index in [1.807, 2.05) is 18.2 Å². The summed E-state index contributed by atoms with van der Waals surface area (Å²) in [7, 11) is 2.94. The average Bonchev–Trinajstić information content (AvgIpc) is 2.86. The number of carbonyl (C=O) groups is 3. The van der Waals surface area contributed by atoms with Crippen LogP contribution in [-0.4, -0.2) is 32.1 Å². The van der Waals surface area contributed by atoms with Crippen LogP contribution in [0.3, 0.4) is 0 Å². The van der Waals surface area contributed by atoms with Crippen molar-refractivity contribution in [3.05, 3.63) is 87.4 Å². The minimum atomic E-state index is -0.855. The van der Waals surface area contributed by atoms with Crippen molar-refractivity contribution in [1.29, 1.82) is 0 Å². The summed E-state index contributed by atoms with van der Waals surface area (Å²) in [6, 6.07) is 15.7. The van der Waals surface area contributed by atoms with Crippen molar-refractivity contribution in [2.24, 2.45) is 0 Å². The first-order valence-electron chi connectivity index (χ1n) is 10.6. The molecule has 4 amide bonds. The molecule has 1 aliphatic heterocycles. The average molecular weight is 527 g/mol. The number of anilines is 1. The maximum Gasteiger partial charge on any atom is 0.335 e. The Bertz CT molecular complexity index is 1370. The molecule has 36 heavy (non-hydrogen) atoms. The van der Waals surface area contributed by atoms with Crippen molar-refractivity contribution in [2.45, 2.75) is 6.61 Å². The van der Waals surface area contributed by atoms with E-state index < -0.39 is 17.8 Å². The Labute approximate surface area is 217 Å². The first-order chi connectivity index (χ1) is 17.3. The molecule has 4 rings (SSSR count). The number of urea groups is 1. The number of rotatable bonds is 7. The molecular weight excluding hydrogens is 507 g/mol. The number of methoxy groups -OCH3 is 2. The molecule has 0 aromatic heterocycles. The van der Waals surface area contributed by atoms with Crippen LogP contribution in [0.1, 0.15) is 11.1 Å². The van der Waals surface area contributed by atoms with Gasteiger partial charge in [-0.2, -0.15) is 0 Å². The van der Waals surface area contributed by atoms with Gasteiger partial charge in [-0.3, -0.25) is 14.9 Å². The fourth-order valence-electron chi connectivity index (χ4n) is 3.52. The smallest absolute Gasteiger partial charge is 0.335 e. The van der Waals surface area contributed by atoms with Crippen LogP contribution in [0.15, 0.2) is 66.2 Å². The van der Waals surface area contributed by atoms with E-state index in [0.29, 0.717) is 16.3 Å². The maximum atomic E-state index is 13.1. The lowest BCUT2D eigenvalue weighted by Crippen LogP contribution is -2.54. The number of nitrogens with one attached hydrogen (secondary N) is 1. The number of imide groups is 2. The molecular formula is C26H20Cl2N2O6. The Balaban J connectivity index is 1.64. The standard InChI is InChI=1S/C26H20Cl2N2O6/c1-34-18-9-7-17(8-10-18)30-25(32)19(24(31)29-26(30)33)11-15-12-21(28)23(22(13-15)35-2)36-14-16-5-3-4-6-20(16)27/h3-13H,14H2,1-2H3,(H,29,31,33)/b19-11+. The summed E-state index contributed by atoms with van der Waals surface area (Å²) >= 11 is 12.6. The van der Waals surface area contributed by atoms with Crippen LogP contribution >= 0.6 is 23.2 Å². The van der Waals surface area contributed by atoms with Crippen LogP contribution in [0.2, 0.25) is 10.0 Å². The highest BCUT2D eigenvalue weighted by atomic mass is 35.5. The summed E-state index contributed by atoms with van der Waals surface area (Å²) in [6.45, 7) is 0.149. The minimum Gasteiger partial charge on any atom is -0.497 e. The summed E-state index contributed by atoms with van der Waals surface area (Å²) in [5.41, 5.74) is 1.17. The van der Waals surface area contributed by atoms with E-state index in [-0.39, 0.29) is 34.4 Å². The van der Waals surface area contributed by atoms with E-state index in [0.717, 1.165) is 10.5 Å². The zero-order valence-electron chi connectivity index (χ0n) is 19.2. The van der Waals surface area contributed by atoms with Gasteiger partial charge in [-0.25, -0.2) is 9.69 Å². The molecule has 10 heteroatoms. The largest absolute Gasteiger partial charge is 0.497 e. The molecule has 1 saturated heterocycles. The zero-order chi connectivity index (χ0) is 25.8. The molecule has 184 valence electrons. The van der Waals surface area contributed by atoms with Gasteiger partial charge in [-0.1, -0.05) is 41.4 Å². The van der Waals surface area contributed by atoms with Gasteiger partial charge in [-0.15, -0.1) is 0 Å². The molecule has 0 spiro atoms. The summed E-state index contributed by atoms with van der Waals surface area (Å²) in [5.74, 6) is -0.509. The second-order valence-electron chi connectivity index (χ2n) is 7.57. The molecule has 0 radical (unpaired) electrons. The number of hydrogen-bond acceptors (Lipinski definition) is 6. The van der Waals surface area contributed by atoms with Gasteiger partial charge < -0.3 is 14.2 Å². The SMILES string of the molecule is COc1ccc(N2C(=O)NC(=O)/C(=C\c3cc(Cl)c(OCc4ccccc4Cl)c(OC)c3)C2=O)cc1. The molecule has 3 aromatic carbocycles. The van der Waals surface area contributed by atoms with Crippen LogP contribution in [0.4, 0.5) is 10.5 Å². The quantitative estimate of drug-likeness (QED) is 0.333. The van der Waals surface area contributed by atoms with Crippen LogP contribution in [0.5, 0.6) is 17.2 Å². The maximum absolute atomic E-state index is 13.1. The Kier molecular flexibility index (Phi) is 7.47. The molecule has 1 aliphatic rings. The fourth-order valence-corrected chi connectivity index (χ4v) is 3.98. The fraction of sp³-hybridized carbons (Fsp3) is 0.115. The second kappa shape index (κ2) is 10.7. The van der Waals surface area contributed by atoms with Gasteiger partial charge in [0, 0.05) is 10.6 Å². The topological polar surface area (TPSA) is 94.2 Å². The molecule has 0 unspecified atom stereocenters. The first-order valence-corrected chi connectivity index (χ1v) is 11.4. The lowest BCUT2D eigenvalue weighted by molar-refractivity contribution is -0.122. The van der Waals surface area contributed by atoms with Gasteiger partial charge >= 0.3 is 6.03 Å². The second-order valence-corrected chi connectivity index (χ2v) is 8.38. The summed E-state index contributed by atoms with van der Waals surface area (Å²) in [6.07, 6.45) is 1.33. The predicted molar refractivity (Wildman–Crippen MR) is 136 cm³/mol. The van der Waals surface area contributed by atoms with Crippen LogP contribution in [0, 0.1) is 0 Å². The van der Waals surface area contributed by atoms with Crippen molar-refractivity contribution < 1.29 is 28.6 Å². The minimum absolute atomic E-state index is 0.149. The summed E-state index contributed by atoms with van der Waals surface area (Å²) < 4.78 is 16.4. The number of hydrogen-bond donors (Lipinski definition) is 1. The van der Waals surface area contributed by atoms with Gasteiger partial charge in [-0.05, 0) is 54.1 Å². The predicted octanol–water partition coefficient (Wildman–Crippen LogP) is 5.26.